The third-order valence-corrected chi connectivity index (χ3v) is 2.23. The van der Waals surface area contributed by atoms with Gasteiger partial charge < -0.3 is 15.8 Å². The van der Waals surface area contributed by atoms with Gasteiger partial charge in [0, 0.05) is 6.54 Å². The van der Waals surface area contributed by atoms with Gasteiger partial charge in [-0.05, 0) is 19.4 Å². The van der Waals surface area contributed by atoms with Crippen LogP contribution in [0.1, 0.15) is 12.8 Å². The first-order valence-corrected chi connectivity index (χ1v) is 4.79. The van der Waals surface area contributed by atoms with Crippen LogP contribution in [0.25, 0.3) is 0 Å². The summed E-state index contributed by atoms with van der Waals surface area (Å²) in [4.78, 5) is 7.79. The van der Waals surface area contributed by atoms with Gasteiger partial charge in [-0.15, -0.1) is 0 Å². The number of nitrogen functional groups attached to an aromatic ring is 1. The summed E-state index contributed by atoms with van der Waals surface area (Å²) in [6, 6.07) is 0. The van der Waals surface area contributed by atoms with Crippen LogP contribution in [0.15, 0.2) is 12.5 Å². The van der Waals surface area contributed by atoms with E-state index >= 15 is 0 Å². The summed E-state index contributed by atoms with van der Waals surface area (Å²) in [5.41, 5.74) is 6.17. The molecular weight excluding hydrogens is 180 g/mol. The molecule has 3 N–H and O–H groups in total. The van der Waals surface area contributed by atoms with Crippen LogP contribution >= 0.6 is 0 Å². The Morgan fingerprint density at radius 1 is 1.57 bits per heavy atom. The van der Waals surface area contributed by atoms with Crippen molar-refractivity contribution >= 4 is 5.69 Å². The molecule has 76 valence electrons. The molecule has 1 fully saturated rings. The molecule has 1 aromatic heterocycles. The molecule has 1 saturated heterocycles. The third kappa shape index (κ3) is 2.11. The summed E-state index contributed by atoms with van der Waals surface area (Å²) < 4.78 is 5.65. The molecule has 14 heavy (non-hydrogen) atoms. The normalized spacial score (nSPS) is 21.9. The summed E-state index contributed by atoms with van der Waals surface area (Å²) in [5.74, 6) is 0.494. The molecule has 0 spiro atoms. The Bertz CT molecular complexity index is 299. The molecule has 1 aliphatic heterocycles. The van der Waals surface area contributed by atoms with Gasteiger partial charge in [0.15, 0.2) is 0 Å². The number of nitrogens with zero attached hydrogens (tertiary/aromatic N) is 2. The summed E-state index contributed by atoms with van der Waals surface area (Å²) in [7, 11) is 0. The van der Waals surface area contributed by atoms with Crippen molar-refractivity contribution in [3.8, 4) is 5.88 Å². The number of anilines is 1. The van der Waals surface area contributed by atoms with Crippen molar-refractivity contribution in [1.82, 2.24) is 15.3 Å². The van der Waals surface area contributed by atoms with E-state index in [1.807, 2.05) is 0 Å². The predicted molar refractivity (Wildman–Crippen MR) is 53.0 cm³/mol. The highest BCUT2D eigenvalue weighted by Crippen LogP contribution is 2.18. The predicted octanol–water partition coefficient (Wildman–Crippen LogP) is 0.190. The van der Waals surface area contributed by atoms with Gasteiger partial charge in [-0.25, -0.2) is 4.98 Å². The van der Waals surface area contributed by atoms with Crippen molar-refractivity contribution in [3.05, 3.63) is 12.5 Å². The van der Waals surface area contributed by atoms with Gasteiger partial charge in [0.05, 0.1) is 6.20 Å². The molecule has 0 amide bonds. The van der Waals surface area contributed by atoms with Gasteiger partial charge in [-0.3, -0.25) is 0 Å². The lowest BCUT2D eigenvalue weighted by Gasteiger charge is -2.23. The number of hydrogen-bond acceptors (Lipinski definition) is 5. The Hall–Kier alpha value is -1.36. The standard InChI is InChI=1S/C9H14N4O/c10-8-5-12-6-13-9(8)14-7-2-1-3-11-4-7/h5-7,11H,1-4,10H2/t7-/m1/s1. The monoisotopic (exact) mass is 194 g/mol. The lowest BCUT2D eigenvalue weighted by Crippen LogP contribution is -2.37. The molecule has 1 atom stereocenters. The van der Waals surface area contributed by atoms with E-state index in [-0.39, 0.29) is 6.10 Å². The van der Waals surface area contributed by atoms with E-state index in [0.29, 0.717) is 11.6 Å². The van der Waals surface area contributed by atoms with Gasteiger partial charge in [0.1, 0.15) is 18.1 Å². The highest BCUT2D eigenvalue weighted by Gasteiger charge is 2.15. The Kier molecular flexibility index (Phi) is 2.78. The smallest absolute Gasteiger partial charge is 0.240 e. The van der Waals surface area contributed by atoms with Crippen molar-refractivity contribution in [2.45, 2.75) is 18.9 Å². The molecule has 1 aliphatic rings. The SMILES string of the molecule is Nc1cncnc1O[C@@H]1CCCNC1. The maximum absolute atomic E-state index is 5.67. The zero-order valence-corrected chi connectivity index (χ0v) is 7.94. The Morgan fingerprint density at radius 2 is 2.50 bits per heavy atom. The minimum atomic E-state index is 0.181. The molecule has 5 nitrogen and oxygen atoms in total. The topological polar surface area (TPSA) is 73.1 Å². The fourth-order valence-corrected chi connectivity index (χ4v) is 1.51. The van der Waals surface area contributed by atoms with Crippen molar-refractivity contribution < 1.29 is 4.74 Å². The van der Waals surface area contributed by atoms with Crippen molar-refractivity contribution in [1.29, 1.82) is 0 Å². The second-order valence-corrected chi connectivity index (χ2v) is 3.37. The minimum Gasteiger partial charge on any atom is -0.471 e. The van der Waals surface area contributed by atoms with Gasteiger partial charge in [0.25, 0.3) is 0 Å². The first-order chi connectivity index (χ1) is 6.86. The number of ether oxygens (including phenoxy) is 1. The first-order valence-electron chi connectivity index (χ1n) is 4.79. The summed E-state index contributed by atoms with van der Waals surface area (Å²) >= 11 is 0. The summed E-state index contributed by atoms with van der Waals surface area (Å²) in [6.45, 7) is 1.93. The summed E-state index contributed by atoms with van der Waals surface area (Å²) in [5, 5.41) is 3.27. The molecule has 5 heteroatoms. The van der Waals surface area contributed by atoms with Crippen molar-refractivity contribution in [2.24, 2.45) is 0 Å². The van der Waals surface area contributed by atoms with Gasteiger partial charge >= 0.3 is 0 Å². The molecule has 2 heterocycles. The fourth-order valence-electron chi connectivity index (χ4n) is 1.51. The molecule has 0 bridgehead atoms. The maximum Gasteiger partial charge on any atom is 0.240 e. The number of hydrogen-bond donors (Lipinski definition) is 2. The van der Waals surface area contributed by atoms with Crippen LogP contribution in [0.5, 0.6) is 5.88 Å². The van der Waals surface area contributed by atoms with Crippen LogP contribution in [-0.4, -0.2) is 29.2 Å². The van der Waals surface area contributed by atoms with E-state index in [4.69, 9.17) is 10.5 Å². The Labute approximate surface area is 82.7 Å². The fraction of sp³-hybridized carbons (Fsp3) is 0.556. The maximum atomic E-state index is 5.67. The summed E-state index contributed by atoms with van der Waals surface area (Å²) in [6.07, 6.45) is 5.37. The number of aromatic nitrogens is 2. The zero-order valence-electron chi connectivity index (χ0n) is 7.94. The third-order valence-electron chi connectivity index (χ3n) is 2.23. The molecule has 0 unspecified atom stereocenters. The number of piperidine rings is 1. The van der Waals surface area contributed by atoms with E-state index in [2.05, 4.69) is 15.3 Å². The number of nitrogens with two attached hydrogens (primary N) is 1. The van der Waals surface area contributed by atoms with Crippen LogP contribution < -0.4 is 15.8 Å². The molecule has 0 saturated carbocycles. The van der Waals surface area contributed by atoms with Crippen molar-refractivity contribution in [3.63, 3.8) is 0 Å². The average Bonchev–Trinajstić information content (AvgIpc) is 2.23. The largest absolute Gasteiger partial charge is 0.471 e. The van der Waals surface area contributed by atoms with E-state index in [1.165, 1.54) is 6.33 Å². The second kappa shape index (κ2) is 4.23. The lowest BCUT2D eigenvalue weighted by molar-refractivity contribution is 0.161. The zero-order chi connectivity index (χ0) is 9.80. The van der Waals surface area contributed by atoms with E-state index in [9.17, 15) is 0 Å². The van der Waals surface area contributed by atoms with Crippen LogP contribution in [0, 0.1) is 0 Å². The van der Waals surface area contributed by atoms with Gasteiger partial charge in [0.2, 0.25) is 5.88 Å². The van der Waals surface area contributed by atoms with Crippen LogP contribution in [0.2, 0.25) is 0 Å². The Morgan fingerprint density at radius 3 is 3.21 bits per heavy atom. The molecule has 0 radical (unpaired) electrons. The quantitative estimate of drug-likeness (QED) is 0.703. The molecule has 1 aromatic rings. The highest BCUT2D eigenvalue weighted by molar-refractivity contribution is 5.44. The molecular formula is C9H14N4O. The van der Waals surface area contributed by atoms with E-state index in [0.717, 1.165) is 25.9 Å². The van der Waals surface area contributed by atoms with E-state index < -0.39 is 0 Å². The second-order valence-electron chi connectivity index (χ2n) is 3.37. The number of nitrogens with one attached hydrogen (secondary N) is 1. The first kappa shape index (κ1) is 9.21. The lowest BCUT2D eigenvalue weighted by atomic mass is 10.1. The van der Waals surface area contributed by atoms with Crippen LogP contribution in [0.4, 0.5) is 5.69 Å². The van der Waals surface area contributed by atoms with Gasteiger partial charge in [-0.2, -0.15) is 4.98 Å². The highest BCUT2D eigenvalue weighted by atomic mass is 16.5. The average molecular weight is 194 g/mol. The minimum absolute atomic E-state index is 0.181. The Balaban J connectivity index is 1.99. The van der Waals surface area contributed by atoms with E-state index in [1.54, 1.807) is 6.20 Å². The molecule has 0 aliphatic carbocycles. The van der Waals surface area contributed by atoms with Crippen LogP contribution in [0.3, 0.4) is 0 Å². The van der Waals surface area contributed by atoms with Gasteiger partial charge in [-0.1, -0.05) is 0 Å². The van der Waals surface area contributed by atoms with Crippen molar-refractivity contribution in [2.75, 3.05) is 18.8 Å². The van der Waals surface area contributed by atoms with Crippen LogP contribution in [-0.2, 0) is 0 Å². The molecule has 2 rings (SSSR count). The number of rotatable bonds is 2. The molecule has 0 aromatic carbocycles.